The van der Waals surface area contributed by atoms with Gasteiger partial charge in [-0.05, 0) is 12.1 Å². The second kappa shape index (κ2) is 5.85. The molecule has 20 heavy (non-hydrogen) atoms. The van der Waals surface area contributed by atoms with Gasteiger partial charge >= 0.3 is 5.97 Å². The first-order chi connectivity index (χ1) is 9.04. The Morgan fingerprint density at radius 3 is 2.30 bits per heavy atom. The Balaban J connectivity index is 2.95. The Kier molecular flexibility index (Phi) is 4.84. The predicted octanol–water partition coefficient (Wildman–Crippen LogP) is -0.555. The van der Waals surface area contributed by atoms with Crippen LogP contribution in [0.5, 0.6) is 0 Å². The number of aromatic nitrogens is 1. The first-order valence-electron chi connectivity index (χ1n) is 5.37. The van der Waals surface area contributed by atoms with Gasteiger partial charge in [-0.1, -0.05) is 0 Å². The van der Waals surface area contributed by atoms with Crippen molar-refractivity contribution in [1.29, 1.82) is 0 Å². The van der Waals surface area contributed by atoms with E-state index < -0.39 is 25.8 Å². The summed E-state index contributed by atoms with van der Waals surface area (Å²) in [5.74, 6) is -1.53. The van der Waals surface area contributed by atoms with Gasteiger partial charge in [-0.15, -0.1) is 0 Å². The Labute approximate surface area is 117 Å². The minimum absolute atomic E-state index is 0.136. The molecule has 0 spiro atoms. The molecular formula is C10H14N2O6S2. The average molecular weight is 322 g/mol. The van der Waals surface area contributed by atoms with Crippen LogP contribution in [0.1, 0.15) is 10.4 Å². The molecule has 8 nitrogen and oxygen atoms in total. The maximum Gasteiger partial charge on any atom is 0.337 e. The molecule has 10 heteroatoms. The third-order valence-electron chi connectivity index (χ3n) is 2.43. The summed E-state index contributed by atoms with van der Waals surface area (Å²) in [7, 11) is -5.99. The fourth-order valence-electron chi connectivity index (χ4n) is 1.23. The van der Waals surface area contributed by atoms with E-state index in [0.717, 1.165) is 28.9 Å². The van der Waals surface area contributed by atoms with E-state index in [0.29, 0.717) is 0 Å². The van der Waals surface area contributed by atoms with Crippen LogP contribution in [-0.4, -0.2) is 62.8 Å². The highest BCUT2D eigenvalue weighted by Gasteiger charge is 2.23. The summed E-state index contributed by atoms with van der Waals surface area (Å²) in [5.41, 5.74) is -0.136. The van der Waals surface area contributed by atoms with Crippen molar-refractivity contribution in [3.8, 4) is 0 Å². The van der Waals surface area contributed by atoms with Gasteiger partial charge in [0, 0.05) is 26.0 Å². The van der Waals surface area contributed by atoms with Gasteiger partial charge in [0.15, 0.2) is 5.03 Å². The van der Waals surface area contributed by atoms with Crippen molar-refractivity contribution < 1.29 is 26.7 Å². The SMILES string of the molecule is CN(CCS(C)(=O)=O)S(=O)(=O)c1ccc(C(=O)O)cn1. The molecule has 0 fully saturated rings. The van der Waals surface area contributed by atoms with E-state index in [1.807, 2.05) is 0 Å². The van der Waals surface area contributed by atoms with Crippen LogP contribution in [0.4, 0.5) is 0 Å². The molecular weight excluding hydrogens is 308 g/mol. The molecule has 0 aromatic carbocycles. The van der Waals surface area contributed by atoms with E-state index in [4.69, 9.17) is 5.11 Å². The third-order valence-corrected chi connectivity index (χ3v) is 5.13. The topological polar surface area (TPSA) is 122 Å². The van der Waals surface area contributed by atoms with E-state index in [9.17, 15) is 21.6 Å². The van der Waals surface area contributed by atoms with Crippen molar-refractivity contribution in [3.63, 3.8) is 0 Å². The summed E-state index contributed by atoms with van der Waals surface area (Å²) in [6.07, 6.45) is 1.94. The van der Waals surface area contributed by atoms with Gasteiger partial charge in [0.2, 0.25) is 0 Å². The molecule has 1 N–H and O–H groups in total. The second-order valence-electron chi connectivity index (χ2n) is 4.15. The van der Waals surface area contributed by atoms with E-state index >= 15 is 0 Å². The fraction of sp³-hybridized carbons (Fsp3) is 0.400. The Morgan fingerprint density at radius 2 is 1.90 bits per heavy atom. The molecule has 1 aromatic rings. The summed E-state index contributed by atoms with van der Waals surface area (Å²) in [6, 6.07) is 2.18. The second-order valence-corrected chi connectivity index (χ2v) is 8.40. The number of pyridine rings is 1. The minimum atomic E-state index is -3.94. The fourth-order valence-corrected chi connectivity index (χ4v) is 3.03. The van der Waals surface area contributed by atoms with Crippen molar-refractivity contribution in [1.82, 2.24) is 9.29 Å². The third kappa shape index (κ3) is 4.25. The highest BCUT2D eigenvalue weighted by atomic mass is 32.2. The lowest BCUT2D eigenvalue weighted by Crippen LogP contribution is -2.32. The molecule has 0 bridgehead atoms. The Bertz CT molecular complexity index is 694. The number of carboxylic acids is 1. The van der Waals surface area contributed by atoms with Gasteiger partial charge in [0.05, 0.1) is 11.3 Å². The largest absolute Gasteiger partial charge is 0.478 e. The number of hydrogen-bond acceptors (Lipinski definition) is 6. The number of hydrogen-bond donors (Lipinski definition) is 1. The van der Waals surface area contributed by atoms with Crippen LogP contribution in [0.2, 0.25) is 0 Å². The average Bonchev–Trinajstić information content (AvgIpc) is 2.35. The number of carbonyl (C=O) groups is 1. The number of carboxylic acid groups (broad SMARTS) is 1. The van der Waals surface area contributed by atoms with Crippen molar-refractivity contribution in [2.45, 2.75) is 5.03 Å². The van der Waals surface area contributed by atoms with Crippen LogP contribution in [0.3, 0.4) is 0 Å². The maximum atomic E-state index is 12.1. The van der Waals surface area contributed by atoms with Crippen molar-refractivity contribution >= 4 is 25.8 Å². The number of sulfone groups is 1. The zero-order valence-electron chi connectivity index (χ0n) is 10.8. The van der Waals surface area contributed by atoms with E-state index in [1.54, 1.807) is 0 Å². The number of nitrogens with zero attached hydrogens (tertiary/aromatic N) is 2. The normalized spacial score (nSPS) is 12.6. The molecule has 0 aliphatic carbocycles. The predicted molar refractivity (Wildman–Crippen MR) is 70.7 cm³/mol. The van der Waals surface area contributed by atoms with Gasteiger partial charge in [0.25, 0.3) is 10.0 Å². The highest BCUT2D eigenvalue weighted by Crippen LogP contribution is 2.12. The van der Waals surface area contributed by atoms with Gasteiger partial charge in [0.1, 0.15) is 9.84 Å². The lowest BCUT2D eigenvalue weighted by atomic mass is 10.3. The van der Waals surface area contributed by atoms with E-state index in [2.05, 4.69) is 4.98 Å². The lowest BCUT2D eigenvalue weighted by Gasteiger charge is -2.15. The summed E-state index contributed by atoms with van der Waals surface area (Å²) in [5, 5.41) is 8.36. The van der Waals surface area contributed by atoms with Crippen molar-refractivity contribution in [3.05, 3.63) is 23.9 Å². The summed E-state index contributed by atoms with van der Waals surface area (Å²) >= 11 is 0. The molecule has 0 saturated carbocycles. The molecule has 1 heterocycles. The first-order valence-corrected chi connectivity index (χ1v) is 8.87. The van der Waals surface area contributed by atoms with E-state index in [1.165, 1.54) is 7.05 Å². The smallest absolute Gasteiger partial charge is 0.337 e. The summed E-state index contributed by atoms with van der Waals surface area (Å²) in [6.45, 7) is -0.205. The van der Waals surface area contributed by atoms with Crippen LogP contribution in [0, 0.1) is 0 Å². The highest BCUT2D eigenvalue weighted by molar-refractivity contribution is 7.91. The zero-order chi connectivity index (χ0) is 15.6. The van der Waals surface area contributed by atoms with Crippen molar-refractivity contribution in [2.24, 2.45) is 0 Å². The zero-order valence-corrected chi connectivity index (χ0v) is 12.5. The molecule has 0 amide bonds. The quantitative estimate of drug-likeness (QED) is 0.745. The number of rotatable bonds is 6. The van der Waals surface area contributed by atoms with Gasteiger partial charge in [-0.2, -0.15) is 4.31 Å². The molecule has 1 rings (SSSR count). The molecule has 0 radical (unpaired) electrons. The van der Waals surface area contributed by atoms with Crippen LogP contribution in [0.25, 0.3) is 0 Å². The minimum Gasteiger partial charge on any atom is -0.478 e. The summed E-state index contributed by atoms with van der Waals surface area (Å²) < 4.78 is 47.0. The maximum absolute atomic E-state index is 12.1. The molecule has 0 atom stereocenters. The van der Waals surface area contributed by atoms with Gasteiger partial charge in [-0.25, -0.2) is 26.6 Å². The standard InChI is InChI=1S/C10H14N2O6S2/c1-12(5-6-19(2,15)16)20(17,18)9-4-3-8(7-11-9)10(13)14/h3-4,7H,5-6H2,1-2H3,(H,13,14). The van der Waals surface area contributed by atoms with Crippen LogP contribution < -0.4 is 0 Å². The van der Waals surface area contributed by atoms with Gasteiger partial charge in [-0.3, -0.25) is 0 Å². The first kappa shape index (κ1) is 16.5. The molecule has 1 aromatic heterocycles. The van der Waals surface area contributed by atoms with E-state index in [-0.39, 0.29) is 22.9 Å². The molecule has 0 aliphatic rings. The molecule has 0 saturated heterocycles. The summed E-state index contributed by atoms with van der Waals surface area (Å²) in [4.78, 5) is 14.2. The van der Waals surface area contributed by atoms with Crippen LogP contribution >= 0.6 is 0 Å². The number of sulfonamides is 1. The monoisotopic (exact) mass is 322 g/mol. The number of aromatic carboxylic acids is 1. The van der Waals surface area contributed by atoms with Crippen LogP contribution in [-0.2, 0) is 19.9 Å². The molecule has 0 unspecified atom stereocenters. The van der Waals surface area contributed by atoms with Crippen LogP contribution in [0.15, 0.2) is 23.4 Å². The molecule has 0 aliphatic heterocycles. The van der Waals surface area contributed by atoms with Crippen molar-refractivity contribution in [2.75, 3.05) is 25.6 Å². The lowest BCUT2D eigenvalue weighted by molar-refractivity contribution is 0.0696. The van der Waals surface area contributed by atoms with Gasteiger partial charge < -0.3 is 5.11 Å². The Hall–Kier alpha value is -1.52. The molecule has 112 valence electrons. The Morgan fingerprint density at radius 1 is 1.30 bits per heavy atom.